The van der Waals surface area contributed by atoms with Crippen LogP contribution in [0.3, 0.4) is 0 Å². The van der Waals surface area contributed by atoms with E-state index >= 15 is 0 Å². The van der Waals surface area contributed by atoms with Gasteiger partial charge in [-0.3, -0.25) is 4.79 Å². The Morgan fingerprint density at radius 1 is 1.08 bits per heavy atom. The summed E-state index contributed by atoms with van der Waals surface area (Å²) in [5.41, 5.74) is 3.94. The quantitative estimate of drug-likeness (QED) is 0.578. The Kier molecular flexibility index (Phi) is 3.25. The fraction of sp³-hybridized carbons (Fsp3) is 0.524. The van der Waals surface area contributed by atoms with Crippen molar-refractivity contribution in [3.05, 3.63) is 39.2 Å². The van der Waals surface area contributed by atoms with Crippen molar-refractivity contribution in [2.24, 2.45) is 0 Å². The van der Waals surface area contributed by atoms with E-state index < -0.39 is 5.63 Å². The molecule has 0 unspecified atom stereocenters. The molecule has 4 rings (SSSR count). The second-order valence-corrected chi connectivity index (χ2v) is 8.82. The van der Waals surface area contributed by atoms with E-state index in [9.17, 15) is 9.59 Å². The molecular formula is C21H25NO3. The first-order chi connectivity index (χ1) is 11.6. The molecule has 0 amide bonds. The second kappa shape index (κ2) is 4.96. The zero-order chi connectivity index (χ0) is 18.1. The van der Waals surface area contributed by atoms with Crippen LogP contribution in [-0.4, -0.2) is 18.9 Å². The molecule has 2 aliphatic heterocycles. The number of hydrogen-bond donors (Lipinski definition) is 0. The van der Waals surface area contributed by atoms with Gasteiger partial charge in [-0.25, -0.2) is 4.79 Å². The number of fused-ring (bicyclic) bond motifs is 2. The van der Waals surface area contributed by atoms with E-state index in [0.717, 1.165) is 36.9 Å². The smallest absolute Gasteiger partial charge is 0.347 e. The molecule has 4 heteroatoms. The summed E-state index contributed by atoms with van der Waals surface area (Å²) < 4.78 is 5.73. The van der Waals surface area contributed by atoms with Crippen molar-refractivity contribution in [2.75, 3.05) is 18.0 Å². The van der Waals surface area contributed by atoms with Crippen molar-refractivity contribution in [1.29, 1.82) is 0 Å². The maximum absolute atomic E-state index is 12.3. The SMILES string of the molecule is CC(=O)c1cc2cc3c4c(c2oc1=O)C(C)(C)CCN4CCC3(C)C. The number of anilines is 1. The third kappa shape index (κ3) is 2.26. The molecule has 132 valence electrons. The van der Waals surface area contributed by atoms with Crippen LogP contribution in [0.1, 0.15) is 68.9 Å². The molecule has 0 N–H and O–H groups in total. The van der Waals surface area contributed by atoms with Gasteiger partial charge in [-0.05, 0) is 48.3 Å². The van der Waals surface area contributed by atoms with Gasteiger partial charge < -0.3 is 9.32 Å². The van der Waals surface area contributed by atoms with Gasteiger partial charge in [0.05, 0.1) is 0 Å². The predicted octanol–water partition coefficient (Wildman–Crippen LogP) is 4.16. The van der Waals surface area contributed by atoms with E-state index in [1.54, 1.807) is 6.07 Å². The van der Waals surface area contributed by atoms with Crippen LogP contribution in [0.25, 0.3) is 11.0 Å². The molecule has 0 radical (unpaired) electrons. The number of carbonyl (C=O) groups excluding carboxylic acids is 1. The average Bonchev–Trinajstić information content (AvgIpc) is 2.51. The summed E-state index contributed by atoms with van der Waals surface area (Å²) in [6, 6.07) is 3.86. The highest BCUT2D eigenvalue weighted by Gasteiger charge is 2.41. The Hall–Kier alpha value is -2.10. The first-order valence-corrected chi connectivity index (χ1v) is 9.03. The van der Waals surface area contributed by atoms with Crippen molar-refractivity contribution in [3.8, 4) is 0 Å². The minimum absolute atomic E-state index is 0.0642. The molecule has 1 aromatic heterocycles. The van der Waals surface area contributed by atoms with Crippen molar-refractivity contribution in [1.82, 2.24) is 0 Å². The van der Waals surface area contributed by atoms with Crippen molar-refractivity contribution >= 4 is 22.4 Å². The van der Waals surface area contributed by atoms with Gasteiger partial charge in [0.25, 0.3) is 0 Å². The van der Waals surface area contributed by atoms with E-state index in [2.05, 4.69) is 38.7 Å². The monoisotopic (exact) mass is 339 g/mol. The summed E-state index contributed by atoms with van der Waals surface area (Å²) in [5, 5.41) is 0.864. The van der Waals surface area contributed by atoms with Crippen molar-refractivity contribution in [2.45, 2.75) is 58.3 Å². The molecule has 25 heavy (non-hydrogen) atoms. The largest absolute Gasteiger partial charge is 0.422 e. The summed E-state index contributed by atoms with van der Waals surface area (Å²) >= 11 is 0. The molecule has 4 nitrogen and oxygen atoms in total. The Morgan fingerprint density at radius 2 is 1.72 bits per heavy atom. The number of benzene rings is 1. The van der Waals surface area contributed by atoms with Crippen LogP contribution in [0.4, 0.5) is 5.69 Å². The number of rotatable bonds is 1. The molecule has 0 aliphatic carbocycles. The molecule has 0 saturated carbocycles. The topological polar surface area (TPSA) is 50.5 Å². The summed E-state index contributed by atoms with van der Waals surface area (Å²) in [6.45, 7) is 12.5. The Balaban J connectivity index is 2.18. The molecule has 2 aromatic rings. The number of hydrogen-bond acceptors (Lipinski definition) is 4. The standard InChI is InChI=1S/C21H25NO3/c1-12(23)14-10-13-11-15-17-16(18(13)25-19(14)24)21(4,5)7-9-22(17)8-6-20(15,2)3/h10-11H,6-9H2,1-5H3. The highest BCUT2D eigenvalue weighted by atomic mass is 16.4. The normalized spacial score (nSPS) is 20.4. The minimum atomic E-state index is -0.529. The second-order valence-electron chi connectivity index (χ2n) is 8.82. The van der Waals surface area contributed by atoms with Crippen molar-refractivity contribution < 1.29 is 9.21 Å². The number of Topliss-reactive ketones (excluding diaryl/α,β-unsaturated/α-hetero) is 1. The lowest BCUT2D eigenvalue weighted by Crippen LogP contribution is -2.44. The molecule has 3 heterocycles. The maximum atomic E-state index is 12.3. The maximum Gasteiger partial charge on any atom is 0.347 e. The Labute approximate surface area is 147 Å². The average molecular weight is 339 g/mol. The zero-order valence-electron chi connectivity index (χ0n) is 15.7. The summed E-state index contributed by atoms with van der Waals surface area (Å²) in [6.07, 6.45) is 2.12. The molecule has 0 spiro atoms. The first kappa shape index (κ1) is 16.4. The third-order valence-electron chi connectivity index (χ3n) is 6.11. The summed E-state index contributed by atoms with van der Waals surface area (Å²) in [7, 11) is 0. The molecule has 0 bridgehead atoms. The lowest BCUT2D eigenvalue weighted by molar-refractivity contribution is 0.101. The van der Waals surface area contributed by atoms with Gasteiger partial charge in [0.15, 0.2) is 5.78 Å². The van der Waals surface area contributed by atoms with Crippen LogP contribution in [0.5, 0.6) is 0 Å². The number of carbonyl (C=O) groups is 1. The van der Waals surface area contributed by atoms with E-state index in [0.29, 0.717) is 5.58 Å². The molecule has 2 aliphatic rings. The zero-order valence-corrected chi connectivity index (χ0v) is 15.7. The predicted molar refractivity (Wildman–Crippen MR) is 100.0 cm³/mol. The van der Waals surface area contributed by atoms with Crippen LogP contribution >= 0.6 is 0 Å². The summed E-state index contributed by atoms with van der Waals surface area (Å²) in [4.78, 5) is 26.6. The molecule has 0 saturated heterocycles. The van der Waals surface area contributed by atoms with Gasteiger partial charge in [0, 0.05) is 29.7 Å². The van der Waals surface area contributed by atoms with E-state index in [-0.39, 0.29) is 22.2 Å². The van der Waals surface area contributed by atoms with Crippen molar-refractivity contribution in [3.63, 3.8) is 0 Å². The van der Waals surface area contributed by atoms with Gasteiger partial charge >= 0.3 is 5.63 Å². The van der Waals surface area contributed by atoms with Gasteiger partial charge in [-0.1, -0.05) is 27.7 Å². The van der Waals surface area contributed by atoms with E-state index in [1.807, 2.05) is 0 Å². The lowest BCUT2D eigenvalue weighted by Gasteiger charge is -2.48. The fourth-order valence-electron chi connectivity index (χ4n) is 4.40. The van der Waals surface area contributed by atoms with Crippen LogP contribution in [0.2, 0.25) is 0 Å². The van der Waals surface area contributed by atoms with E-state index in [4.69, 9.17) is 4.42 Å². The number of nitrogens with zero attached hydrogens (tertiary/aromatic N) is 1. The van der Waals surface area contributed by atoms with Crippen LogP contribution in [0, 0.1) is 0 Å². The highest BCUT2D eigenvalue weighted by Crippen LogP contribution is 2.51. The van der Waals surface area contributed by atoms with E-state index in [1.165, 1.54) is 18.2 Å². The molecule has 0 atom stereocenters. The fourth-order valence-corrected chi connectivity index (χ4v) is 4.40. The van der Waals surface area contributed by atoms with Gasteiger partial charge in [0.2, 0.25) is 0 Å². The van der Waals surface area contributed by atoms with Crippen LogP contribution < -0.4 is 10.5 Å². The Bertz CT molecular complexity index is 963. The number of ketones is 1. The Morgan fingerprint density at radius 3 is 2.36 bits per heavy atom. The molecule has 1 aromatic carbocycles. The first-order valence-electron chi connectivity index (χ1n) is 9.03. The molecular weight excluding hydrogens is 314 g/mol. The summed E-state index contributed by atoms with van der Waals surface area (Å²) in [5.74, 6) is -0.248. The molecule has 0 fully saturated rings. The van der Waals surface area contributed by atoms with Crippen LogP contribution in [0.15, 0.2) is 21.3 Å². The van der Waals surface area contributed by atoms with Crippen LogP contribution in [-0.2, 0) is 10.8 Å². The van der Waals surface area contributed by atoms with Gasteiger partial charge in [0.1, 0.15) is 11.1 Å². The van der Waals surface area contributed by atoms with Gasteiger partial charge in [-0.15, -0.1) is 0 Å². The highest BCUT2D eigenvalue weighted by molar-refractivity contribution is 5.98. The third-order valence-corrected chi connectivity index (χ3v) is 6.11. The van der Waals surface area contributed by atoms with Gasteiger partial charge in [-0.2, -0.15) is 0 Å². The lowest BCUT2D eigenvalue weighted by atomic mass is 9.69. The minimum Gasteiger partial charge on any atom is -0.422 e.